The van der Waals surface area contributed by atoms with Gasteiger partial charge in [-0.05, 0) is 25.0 Å². The van der Waals surface area contributed by atoms with Crippen LogP contribution in [0.2, 0.25) is 0 Å². The van der Waals surface area contributed by atoms with Crippen LogP contribution in [-0.2, 0) is 10.0 Å². The van der Waals surface area contributed by atoms with Crippen molar-refractivity contribution in [3.63, 3.8) is 0 Å². The van der Waals surface area contributed by atoms with Gasteiger partial charge in [0.05, 0.1) is 0 Å². The second-order valence-electron chi connectivity index (χ2n) is 4.47. The van der Waals surface area contributed by atoms with Gasteiger partial charge in [0.15, 0.2) is 0 Å². The van der Waals surface area contributed by atoms with Crippen LogP contribution in [0.3, 0.4) is 0 Å². The summed E-state index contributed by atoms with van der Waals surface area (Å²) in [6, 6.07) is 5.23. The Morgan fingerprint density at radius 3 is 2.58 bits per heavy atom. The van der Waals surface area contributed by atoms with Gasteiger partial charge in [0, 0.05) is 19.1 Å². The molecule has 102 valence electrons. The van der Waals surface area contributed by atoms with E-state index in [4.69, 9.17) is 11.0 Å². The van der Waals surface area contributed by atoms with E-state index in [2.05, 4.69) is 0 Å². The molecule has 0 aromatic heterocycles. The summed E-state index contributed by atoms with van der Waals surface area (Å²) in [6.45, 7) is 0.593. The molecule has 2 N–H and O–H groups in total. The lowest BCUT2D eigenvalue weighted by Crippen LogP contribution is -2.43. The van der Waals surface area contributed by atoms with Crippen LogP contribution in [0.25, 0.3) is 0 Å². The fourth-order valence-corrected chi connectivity index (χ4v) is 3.70. The number of benzene rings is 1. The van der Waals surface area contributed by atoms with Gasteiger partial charge in [-0.2, -0.15) is 9.57 Å². The summed E-state index contributed by atoms with van der Waals surface area (Å²) in [4.78, 5) is -0.273. The molecule has 0 unspecified atom stereocenters. The quantitative estimate of drug-likeness (QED) is 0.870. The molecule has 1 heterocycles. The Hall–Kier alpha value is -1.49. The van der Waals surface area contributed by atoms with E-state index in [9.17, 15) is 12.8 Å². The molecule has 1 aliphatic heterocycles. The number of piperidine rings is 1. The van der Waals surface area contributed by atoms with E-state index in [-0.39, 0.29) is 10.9 Å². The van der Waals surface area contributed by atoms with Gasteiger partial charge in [-0.15, -0.1) is 0 Å². The lowest BCUT2D eigenvalue weighted by atomic mass is 10.1. The zero-order valence-electron chi connectivity index (χ0n) is 10.2. The second kappa shape index (κ2) is 5.25. The van der Waals surface area contributed by atoms with Crippen LogP contribution >= 0.6 is 0 Å². The summed E-state index contributed by atoms with van der Waals surface area (Å²) in [5, 5.41) is 8.91. The topological polar surface area (TPSA) is 87.2 Å². The zero-order chi connectivity index (χ0) is 14.0. The van der Waals surface area contributed by atoms with Gasteiger partial charge >= 0.3 is 0 Å². The van der Waals surface area contributed by atoms with E-state index in [1.807, 2.05) is 0 Å². The average molecular weight is 283 g/mol. The highest BCUT2D eigenvalue weighted by Crippen LogP contribution is 2.24. The van der Waals surface area contributed by atoms with E-state index in [1.54, 1.807) is 6.07 Å². The third-order valence-corrected chi connectivity index (χ3v) is 5.14. The standard InChI is InChI=1S/C12H14FN3O2S/c13-11-2-1-3-12(10(11)8-14)19(17,18)16-6-4-9(15)5-7-16/h1-3,9H,4-7,15H2. The van der Waals surface area contributed by atoms with Crippen molar-refractivity contribution in [3.8, 4) is 6.07 Å². The highest BCUT2D eigenvalue weighted by atomic mass is 32.2. The summed E-state index contributed by atoms with van der Waals surface area (Å²) in [5.74, 6) is -0.822. The predicted octanol–water partition coefficient (Wildman–Crippen LogP) is 0.809. The lowest BCUT2D eigenvalue weighted by molar-refractivity contribution is 0.320. The maximum atomic E-state index is 13.5. The number of hydrogen-bond acceptors (Lipinski definition) is 4. The van der Waals surface area contributed by atoms with Gasteiger partial charge < -0.3 is 5.73 Å². The molecule has 0 radical (unpaired) electrons. The number of sulfonamides is 1. The van der Waals surface area contributed by atoms with Crippen LogP contribution in [0.15, 0.2) is 23.1 Å². The molecular weight excluding hydrogens is 269 g/mol. The number of halogens is 1. The Labute approximate surface area is 111 Å². The molecule has 0 amide bonds. The van der Waals surface area contributed by atoms with Gasteiger partial charge in [-0.3, -0.25) is 0 Å². The minimum Gasteiger partial charge on any atom is -0.328 e. The van der Waals surface area contributed by atoms with Crippen LogP contribution in [0.5, 0.6) is 0 Å². The number of nitrogens with zero attached hydrogens (tertiary/aromatic N) is 2. The molecular formula is C12H14FN3O2S. The molecule has 1 fully saturated rings. The Morgan fingerprint density at radius 2 is 2.00 bits per heavy atom. The van der Waals surface area contributed by atoms with Crippen molar-refractivity contribution in [2.75, 3.05) is 13.1 Å². The number of rotatable bonds is 2. The van der Waals surface area contributed by atoms with E-state index in [1.165, 1.54) is 16.4 Å². The third kappa shape index (κ3) is 2.61. The molecule has 5 nitrogen and oxygen atoms in total. The van der Waals surface area contributed by atoms with Gasteiger partial charge in [0.25, 0.3) is 0 Å². The Kier molecular flexibility index (Phi) is 3.85. The smallest absolute Gasteiger partial charge is 0.244 e. The fraction of sp³-hybridized carbons (Fsp3) is 0.417. The first kappa shape index (κ1) is 13.9. The molecule has 0 spiro atoms. The molecule has 1 aromatic rings. The van der Waals surface area contributed by atoms with Crippen molar-refractivity contribution in [1.82, 2.24) is 4.31 Å². The summed E-state index contributed by atoms with van der Waals surface area (Å²) in [6.07, 6.45) is 1.13. The second-order valence-corrected chi connectivity index (χ2v) is 6.37. The van der Waals surface area contributed by atoms with E-state index < -0.39 is 21.4 Å². The maximum Gasteiger partial charge on any atom is 0.244 e. The van der Waals surface area contributed by atoms with E-state index >= 15 is 0 Å². The number of hydrogen-bond donors (Lipinski definition) is 1. The van der Waals surface area contributed by atoms with Crippen LogP contribution in [0.1, 0.15) is 18.4 Å². The maximum absolute atomic E-state index is 13.5. The highest BCUT2D eigenvalue weighted by Gasteiger charge is 2.30. The van der Waals surface area contributed by atoms with Crippen molar-refractivity contribution in [2.24, 2.45) is 5.73 Å². The third-order valence-electron chi connectivity index (χ3n) is 3.20. The van der Waals surface area contributed by atoms with Gasteiger partial charge in [-0.25, -0.2) is 12.8 Å². The largest absolute Gasteiger partial charge is 0.328 e. The Bertz CT molecular complexity index is 616. The minimum atomic E-state index is -3.84. The summed E-state index contributed by atoms with van der Waals surface area (Å²) < 4.78 is 39.5. The SMILES string of the molecule is N#Cc1c(F)cccc1S(=O)(=O)N1CCC(N)CC1. The molecule has 0 atom stereocenters. The highest BCUT2D eigenvalue weighted by molar-refractivity contribution is 7.89. The van der Waals surface area contributed by atoms with Crippen LogP contribution < -0.4 is 5.73 Å². The van der Waals surface area contributed by atoms with Crippen molar-refractivity contribution < 1.29 is 12.8 Å². The summed E-state index contributed by atoms with van der Waals surface area (Å²) in [7, 11) is -3.84. The first-order valence-corrected chi connectivity index (χ1v) is 7.35. The fourth-order valence-electron chi connectivity index (χ4n) is 2.08. The lowest BCUT2D eigenvalue weighted by Gasteiger charge is -2.29. The molecule has 19 heavy (non-hydrogen) atoms. The van der Waals surface area contributed by atoms with Gasteiger partial charge in [-0.1, -0.05) is 6.07 Å². The number of nitriles is 1. The molecule has 1 saturated heterocycles. The normalized spacial score (nSPS) is 18.2. The van der Waals surface area contributed by atoms with Gasteiger partial charge in [0.2, 0.25) is 10.0 Å². The average Bonchev–Trinajstić information content (AvgIpc) is 2.39. The van der Waals surface area contributed by atoms with Crippen LogP contribution in [0.4, 0.5) is 4.39 Å². The van der Waals surface area contributed by atoms with Crippen molar-refractivity contribution >= 4 is 10.0 Å². The molecule has 7 heteroatoms. The van der Waals surface area contributed by atoms with Crippen LogP contribution in [-0.4, -0.2) is 31.9 Å². The van der Waals surface area contributed by atoms with Crippen LogP contribution in [0, 0.1) is 17.1 Å². The Morgan fingerprint density at radius 1 is 1.37 bits per heavy atom. The zero-order valence-corrected chi connectivity index (χ0v) is 11.0. The van der Waals surface area contributed by atoms with Gasteiger partial charge in [0.1, 0.15) is 22.3 Å². The van der Waals surface area contributed by atoms with E-state index in [0.29, 0.717) is 25.9 Å². The first-order valence-electron chi connectivity index (χ1n) is 5.91. The molecule has 0 bridgehead atoms. The molecule has 0 saturated carbocycles. The summed E-state index contributed by atoms with van der Waals surface area (Å²) in [5.41, 5.74) is 5.29. The Balaban J connectivity index is 2.41. The van der Waals surface area contributed by atoms with E-state index in [0.717, 1.165) is 6.07 Å². The van der Waals surface area contributed by atoms with Crippen molar-refractivity contribution in [1.29, 1.82) is 5.26 Å². The molecule has 1 aromatic carbocycles. The monoisotopic (exact) mass is 283 g/mol. The molecule has 1 aliphatic rings. The minimum absolute atomic E-state index is 0.00519. The molecule has 2 rings (SSSR count). The summed E-state index contributed by atoms with van der Waals surface area (Å²) >= 11 is 0. The molecule has 0 aliphatic carbocycles. The number of nitrogens with two attached hydrogens (primary N) is 1. The van der Waals surface area contributed by atoms with Crippen molar-refractivity contribution in [3.05, 3.63) is 29.6 Å². The van der Waals surface area contributed by atoms with Crippen molar-refractivity contribution in [2.45, 2.75) is 23.8 Å². The first-order chi connectivity index (χ1) is 8.96. The predicted molar refractivity (Wildman–Crippen MR) is 67.1 cm³/mol.